The van der Waals surface area contributed by atoms with Crippen LogP contribution in [-0.2, 0) is 33.4 Å². The molecule has 0 saturated carbocycles. The van der Waals surface area contributed by atoms with Crippen LogP contribution in [0.5, 0.6) is 0 Å². The number of hydrogen-bond acceptors (Lipinski definition) is 9. The van der Waals surface area contributed by atoms with Gasteiger partial charge in [0.15, 0.2) is 23.8 Å². The summed E-state index contributed by atoms with van der Waals surface area (Å²) < 4.78 is 15.8. The molecule has 1 saturated heterocycles. The molecule has 42 heavy (non-hydrogen) atoms. The molecule has 1 aliphatic rings. The number of hydrogen-bond donors (Lipinski definition) is 1. The Morgan fingerprint density at radius 3 is 2.38 bits per heavy atom. The summed E-state index contributed by atoms with van der Waals surface area (Å²) in [5.41, 5.74) is 2.10. The standard InChI is InChI=1S/C32H37NO9/c1-21-12-11-15-24(18-21)25(27(36)16-9-4-5-10-17-34)19-28(37)29(42-22(2)35)30(40-3)31(38)33-26(20-41-32(33)39)23-13-7-6-8-14-23/h6-8,11-15,18-19,26,29-30,34H,4-5,9-10,16-17,20H2,1-3H3/t26-,29-,30+/m0/s1. The van der Waals surface area contributed by atoms with Crippen molar-refractivity contribution in [2.45, 2.75) is 64.2 Å². The number of nitrogens with zero attached hydrogens (tertiary/aromatic N) is 1. The lowest BCUT2D eigenvalue weighted by atomic mass is 9.94. The number of esters is 1. The van der Waals surface area contributed by atoms with E-state index in [1.165, 1.54) is 0 Å². The fourth-order valence-corrected chi connectivity index (χ4v) is 4.77. The molecular weight excluding hydrogens is 542 g/mol. The van der Waals surface area contributed by atoms with E-state index in [0.717, 1.165) is 43.4 Å². The van der Waals surface area contributed by atoms with Crippen molar-refractivity contribution in [1.82, 2.24) is 4.90 Å². The van der Waals surface area contributed by atoms with Gasteiger partial charge in [-0.2, -0.15) is 0 Å². The van der Waals surface area contributed by atoms with Gasteiger partial charge in [0.1, 0.15) is 12.6 Å². The number of benzene rings is 2. The van der Waals surface area contributed by atoms with Crippen LogP contribution in [0.25, 0.3) is 5.57 Å². The number of rotatable bonds is 15. The highest BCUT2D eigenvalue weighted by Crippen LogP contribution is 2.30. The highest BCUT2D eigenvalue weighted by atomic mass is 16.6. The Morgan fingerprint density at radius 1 is 1.02 bits per heavy atom. The van der Waals surface area contributed by atoms with Gasteiger partial charge in [0, 0.05) is 32.6 Å². The first-order valence-electron chi connectivity index (χ1n) is 13.9. The Morgan fingerprint density at radius 2 is 1.74 bits per heavy atom. The molecule has 0 unspecified atom stereocenters. The molecule has 1 fully saturated rings. The van der Waals surface area contributed by atoms with Gasteiger partial charge in [-0.1, -0.05) is 73.0 Å². The van der Waals surface area contributed by atoms with Crippen LogP contribution in [0.2, 0.25) is 0 Å². The molecule has 1 heterocycles. The predicted octanol–water partition coefficient (Wildman–Crippen LogP) is 4.13. The molecule has 0 radical (unpaired) electrons. The summed E-state index contributed by atoms with van der Waals surface area (Å²) >= 11 is 0. The highest BCUT2D eigenvalue weighted by Gasteiger charge is 2.46. The lowest BCUT2D eigenvalue weighted by Crippen LogP contribution is -2.51. The number of Topliss-reactive ketones (excluding diaryl/α,β-unsaturated/α-hetero) is 1. The van der Waals surface area contributed by atoms with Crippen LogP contribution >= 0.6 is 0 Å². The first-order chi connectivity index (χ1) is 20.2. The number of aliphatic hydroxyl groups is 1. The number of aliphatic hydroxyl groups excluding tert-OH is 1. The highest BCUT2D eigenvalue weighted by molar-refractivity contribution is 6.25. The Balaban J connectivity index is 1.95. The zero-order valence-corrected chi connectivity index (χ0v) is 24.1. The number of imide groups is 1. The van der Waals surface area contributed by atoms with Gasteiger partial charge < -0.3 is 19.3 Å². The second kappa shape index (κ2) is 15.7. The fourth-order valence-electron chi connectivity index (χ4n) is 4.77. The van der Waals surface area contributed by atoms with Crippen molar-refractivity contribution < 1.29 is 43.3 Å². The van der Waals surface area contributed by atoms with Gasteiger partial charge in [-0.25, -0.2) is 9.69 Å². The maximum atomic E-state index is 13.7. The lowest BCUT2D eigenvalue weighted by molar-refractivity contribution is -0.166. The van der Waals surface area contributed by atoms with E-state index in [1.807, 2.05) is 13.0 Å². The summed E-state index contributed by atoms with van der Waals surface area (Å²) in [5.74, 6) is -2.92. The normalized spacial score (nSPS) is 16.5. The monoisotopic (exact) mass is 579 g/mol. The van der Waals surface area contributed by atoms with E-state index in [4.69, 9.17) is 19.3 Å². The minimum atomic E-state index is -1.78. The third-order valence-corrected chi connectivity index (χ3v) is 6.87. The summed E-state index contributed by atoms with van der Waals surface area (Å²) in [6.07, 6.45) is -0.467. The summed E-state index contributed by atoms with van der Waals surface area (Å²) in [7, 11) is 1.16. The molecule has 0 bridgehead atoms. The van der Waals surface area contributed by atoms with Crippen LogP contribution in [0.1, 0.15) is 61.8 Å². The van der Waals surface area contributed by atoms with Crippen LogP contribution < -0.4 is 0 Å². The zero-order valence-electron chi connectivity index (χ0n) is 24.1. The molecule has 0 aliphatic carbocycles. The Labute approximate surface area is 245 Å². The smallest absolute Gasteiger partial charge is 0.417 e. The molecule has 3 rings (SSSR count). The number of allylic oxidation sites excluding steroid dienone is 1. The molecule has 0 spiro atoms. The molecule has 10 nitrogen and oxygen atoms in total. The second-order valence-electron chi connectivity index (χ2n) is 10.0. The second-order valence-corrected chi connectivity index (χ2v) is 10.0. The van der Waals surface area contributed by atoms with Crippen molar-refractivity contribution in [3.63, 3.8) is 0 Å². The summed E-state index contributed by atoms with van der Waals surface area (Å²) in [6, 6.07) is 15.0. The third kappa shape index (κ3) is 8.43. The summed E-state index contributed by atoms with van der Waals surface area (Å²) in [6.45, 7) is 2.91. The molecule has 0 aromatic heterocycles. The Kier molecular flexibility index (Phi) is 12.1. The van der Waals surface area contributed by atoms with Gasteiger partial charge in [0.05, 0.1) is 0 Å². The summed E-state index contributed by atoms with van der Waals surface area (Å²) in [5, 5.41) is 9.00. The number of aryl methyl sites for hydroxylation is 1. The van der Waals surface area contributed by atoms with E-state index in [0.29, 0.717) is 24.0 Å². The molecule has 224 valence electrons. The third-order valence-electron chi connectivity index (χ3n) is 6.87. The summed E-state index contributed by atoms with van der Waals surface area (Å²) in [4.78, 5) is 66.4. The number of amides is 2. The minimum absolute atomic E-state index is 0.0784. The largest absolute Gasteiger partial charge is 0.451 e. The Bertz CT molecular complexity index is 1300. The number of carbonyl (C=O) groups is 5. The molecule has 3 atom stereocenters. The van der Waals surface area contributed by atoms with Crippen molar-refractivity contribution in [2.75, 3.05) is 20.3 Å². The van der Waals surface area contributed by atoms with E-state index in [-0.39, 0.29) is 31.0 Å². The van der Waals surface area contributed by atoms with E-state index in [9.17, 15) is 24.0 Å². The first kappa shape index (κ1) is 32.4. The van der Waals surface area contributed by atoms with Crippen molar-refractivity contribution in [2.24, 2.45) is 0 Å². The Hall–Kier alpha value is -4.15. The average Bonchev–Trinajstić information content (AvgIpc) is 3.36. The van der Waals surface area contributed by atoms with Gasteiger partial charge in [-0.3, -0.25) is 19.2 Å². The average molecular weight is 580 g/mol. The van der Waals surface area contributed by atoms with Crippen LogP contribution in [-0.4, -0.2) is 72.1 Å². The number of ether oxygens (including phenoxy) is 3. The number of carbonyl (C=O) groups excluding carboxylic acids is 5. The van der Waals surface area contributed by atoms with Crippen LogP contribution in [0.15, 0.2) is 60.7 Å². The van der Waals surface area contributed by atoms with E-state index >= 15 is 0 Å². The van der Waals surface area contributed by atoms with Gasteiger partial charge >= 0.3 is 12.1 Å². The van der Waals surface area contributed by atoms with E-state index < -0.39 is 42.0 Å². The maximum Gasteiger partial charge on any atom is 0.417 e. The lowest BCUT2D eigenvalue weighted by Gasteiger charge is -2.28. The number of unbranched alkanes of at least 4 members (excludes halogenated alkanes) is 3. The van der Waals surface area contributed by atoms with E-state index in [1.54, 1.807) is 48.5 Å². The zero-order chi connectivity index (χ0) is 30.6. The van der Waals surface area contributed by atoms with Crippen molar-refractivity contribution in [3.8, 4) is 0 Å². The first-order valence-corrected chi connectivity index (χ1v) is 13.9. The molecular formula is C32H37NO9. The van der Waals surface area contributed by atoms with Gasteiger partial charge in [0.2, 0.25) is 0 Å². The van der Waals surface area contributed by atoms with Crippen LogP contribution in [0, 0.1) is 6.92 Å². The van der Waals surface area contributed by atoms with Crippen LogP contribution in [0.4, 0.5) is 4.79 Å². The number of ketones is 2. The molecule has 2 aromatic carbocycles. The predicted molar refractivity (Wildman–Crippen MR) is 153 cm³/mol. The molecule has 1 N–H and O–H groups in total. The van der Waals surface area contributed by atoms with Gasteiger partial charge in [-0.15, -0.1) is 0 Å². The van der Waals surface area contributed by atoms with Crippen molar-refractivity contribution in [3.05, 3.63) is 77.4 Å². The van der Waals surface area contributed by atoms with Gasteiger partial charge in [-0.05, 0) is 37.0 Å². The van der Waals surface area contributed by atoms with E-state index in [2.05, 4.69) is 0 Å². The van der Waals surface area contributed by atoms with Crippen LogP contribution in [0.3, 0.4) is 0 Å². The molecule has 2 aromatic rings. The minimum Gasteiger partial charge on any atom is -0.451 e. The quantitative estimate of drug-likeness (QED) is 0.188. The molecule has 1 aliphatic heterocycles. The number of cyclic esters (lactones) is 1. The number of methoxy groups -OCH3 is 1. The molecule has 2 amide bonds. The SMILES string of the molecule is CO[C@@H](C(=O)N1C(=O)OC[C@H]1c1ccccc1)[C@@H](OC(C)=O)C(=O)C=C(C(=O)CCCCCCO)c1cccc(C)c1. The van der Waals surface area contributed by atoms with Crippen molar-refractivity contribution >= 4 is 35.1 Å². The van der Waals surface area contributed by atoms with Crippen molar-refractivity contribution in [1.29, 1.82) is 0 Å². The topological polar surface area (TPSA) is 137 Å². The fraction of sp³-hybridized carbons (Fsp3) is 0.406. The maximum absolute atomic E-state index is 13.7. The molecule has 10 heteroatoms. The van der Waals surface area contributed by atoms with Gasteiger partial charge in [0.25, 0.3) is 5.91 Å².